The lowest BCUT2D eigenvalue weighted by molar-refractivity contribution is 0.0756. The van der Waals surface area contributed by atoms with Gasteiger partial charge in [0.25, 0.3) is 0 Å². The summed E-state index contributed by atoms with van der Waals surface area (Å²) in [4.78, 5) is 0. The van der Waals surface area contributed by atoms with Gasteiger partial charge in [-0.05, 0) is 49.4 Å². The molecule has 0 radical (unpaired) electrons. The molecular weight excluding hydrogens is 244 g/mol. The fourth-order valence-corrected chi connectivity index (χ4v) is 4.20. The lowest BCUT2D eigenvalue weighted by Crippen LogP contribution is -2.17. The van der Waals surface area contributed by atoms with Gasteiger partial charge in [0.15, 0.2) is 0 Å². The molecule has 0 aromatic carbocycles. The van der Waals surface area contributed by atoms with Crippen LogP contribution in [-0.4, -0.2) is 13.2 Å². The number of ether oxygens (including phenoxy) is 1. The second kappa shape index (κ2) is 9.07. The Morgan fingerprint density at radius 3 is 2.35 bits per heavy atom. The highest BCUT2D eigenvalue weighted by Crippen LogP contribution is 2.32. The second-order valence-corrected chi connectivity index (χ2v) is 7.83. The monoisotopic (exact) mass is 280 g/mol. The Kier molecular flexibility index (Phi) is 7.41. The maximum absolute atomic E-state index is 5.92. The molecule has 2 aliphatic carbocycles. The Bertz CT molecular complexity index is 242. The van der Waals surface area contributed by atoms with Crippen LogP contribution in [0.15, 0.2) is 0 Å². The molecule has 0 spiro atoms. The first kappa shape index (κ1) is 16.3. The quantitative estimate of drug-likeness (QED) is 0.533. The average molecular weight is 280 g/mol. The molecule has 1 nitrogen and oxygen atoms in total. The van der Waals surface area contributed by atoms with Crippen molar-refractivity contribution in [2.75, 3.05) is 13.2 Å². The molecule has 2 aliphatic rings. The highest BCUT2D eigenvalue weighted by atomic mass is 16.5. The van der Waals surface area contributed by atoms with Gasteiger partial charge in [0.05, 0.1) is 0 Å². The van der Waals surface area contributed by atoms with E-state index in [1.54, 1.807) is 0 Å². The summed E-state index contributed by atoms with van der Waals surface area (Å²) < 4.78 is 5.92. The minimum absolute atomic E-state index is 0.866. The molecule has 20 heavy (non-hydrogen) atoms. The lowest BCUT2D eigenvalue weighted by Gasteiger charge is -2.27. The summed E-state index contributed by atoms with van der Waals surface area (Å²) in [5, 5.41) is 0. The predicted octanol–water partition coefficient (Wildman–Crippen LogP) is 5.83. The van der Waals surface area contributed by atoms with Crippen molar-refractivity contribution >= 4 is 0 Å². The van der Waals surface area contributed by atoms with Crippen molar-refractivity contribution in [3.05, 3.63) is 0 Å². The van der Waals surface area contributed by atoms with Crippen molar-refractivity contribution in [2.24, 2.45) is 23.7 Å². The normalized spacial score (nSPS) is 35.1. The van der Waals surface area contributed by atoms with E-state index in [-0.39, 0.29) is 0 Å². The first-order valence-electron chi connectivity index (χ1n) is 9.31. The SMILES string of the molecule is CC1CCC(COCCCCC2CCCC(C)C2)CC1. The molecule has 2 unspecified atom stereocenters. The van der Waals surface area contributed by atoms with Crippen molar-refractivity contribution in [1.82, 2.24) is 0 Å². The van der Waals surface area contributed by atoms with Gasteiger partial charge in [-0.25, -0.2) is 0 Å². The van der Waals surface area contributed by atoms with Crippen molar-refractivity contribution < 1.29 is 4.74 Å². The summed E-state index contributed by atoms with van der Waals surface area (Å²) in [7, 11) is 0. The van der Waals surface area contributed by atoms with E-state index >= 15 is 0 Å². The van der Waals surface area contributed by atoms with Gasteiger partial charge >= 0.3 is 0 Å². The van der Waals surface area contributed by atoms with Crippen molar-refractivity contribution in [3.8, 4) is 0 Å². The summed E-state index contributed by atoms with van der Waals surface area (Å²) >= 11 is 0. The first-order chi connectivity index (χ1) is 9.74. The van der Waals surface area contributed by atoms with Gasteiger partial charge in [-0.2, -0.15) is 0 Å². The number of hydrogen-bond acceptors (Lipinski definition) is 1. The van der Waals surface area contributed by atoms with E-state index in [9.17, 15) is 0 Å². The molecule has 2 saturated carbocycles. The largest absolute Gasteiger partial charge is 0.381 e. The molecule has 2 fully saturated rings. The molecule has 2 atom stereocenters. The zero-order valence-corrected chi connectivity index (χ0v) is 13.9. The second-order valence-electron chi connectivity index (χ2n) is 7.83. The van der Waals surface area contributed by atoms with Crippen molar-refractivity contribution in [2.45, 2.75) is 84.5 Å². The fourth-order valence-electron chi connectivity index (χ4n) is 4.20. The van der Waals surface area contributed by atoms with Crippen LogP contribution in [0.25, 0.3) is 0 Å². The third kappa shape index (κ3) is 6.16. The molecule has 0 heterocycles. The van der Waals surface area contributed by atoms with E-state index in [2.05, 4.69) is 13.8 Å². The topological polar surface area (TPSA) is 9.23 Å². The van der Waals surface area contributed by atoms with E-state index < -0.39 is 0 Å². The van der Waals surface area contributed by atoms with Crippen molar-refractivity contribution in [3.63, 3.8) is 0 Å². The molecular formula is C19H36O. The predicted molar refractivity (Wildman–Crippen MR) is 86.9 cm³/mol. The summed E-state index contributed by atoms with van der Waals surface area (Å²) in [5.74, 6) is 3.84. The van der Waals surface area contributed by atoms with Crippen LogP contribution in [0.2, 0.25) is 0 Å². The van der Waals surface area contributed by atoms with Gasteiger partial charge in [0.1, 0.15) is 0 Å². The van der Waals surface area contributed by atoms with Gasteiger partial charge < -0.3 is 4.74 Å². The molecule has 0 aromatic heterocycles. The maximum atomic E-state index is 5.92. The summed E-state index contributed by atoms with van der Waals surface area (Å²) in [6.07, 6.45) is 15.7. The summed E-state index contributed by atoms with van der Waals surface area (Å²) in [5.41, 5.74) is 0. The Labute approximate surface area is 126 Å². The van der Waals surface area contributed by atoms with Gasteiger partial charge in [0, 0.05) is 13.2 Å². The Hall–Kier alpha value is -0.0400. The standard InChI is InChI=1S/C19H36O/c1-16-9-11-19(12-10-16)15-20-13-4-3-7-18-8-5-6-17(2)14-18/h16-19H,3-15H2,1-2H3. The van der Waals surface area contributed by atoms with E-state index in [1.165, 1.54) is 70.6 Å². The minimum atomic E-state index is 0.866. The fraction of sp³-hybridized carbons (Fsp3) is 1.00. The molecule has 0 aliphatic heterocycles. The van der Waals surface area contributed by atoms with Crippen LogP contribution in [0.5, 0.6) is 0 Å². The van der Waals surface area contributed by atoms with Crippen LogP contribution in [-0.2, 0) is 4.74 Å². The average Bonchev–Trinajstić information content (AvgIpc) is 2.45. The van der Waals surface area contributed by atoms with Crippen LogP contribution in [0.3, 0.4) is 0 Å². The van der Waals surface area contributed by atoms with Gasteiger partial charge in [-0.15, -0.1) is 0 Å². The third-order valence-corrected chi connectivity index (χ3v) is 5.69. The smallest absolute Gasteiger partial charge is 0.0494 e. The summed E-state index contributed by atoms with van der Waals surface area (Å²) in [6, 6.07) is 0. The highest BCUT2D eigenvalue weighted by Gasteiger charge is 2.19. The van der Waals surface area contributed by atoms with Crippen LogP contribution < -0.4 is 0 Å². The number of unbranched alkanes of at least 4 members (excludes halogenated alkanes) is 1. The first-order valence-corrected chi connectivity index (χ1v) is 9.31. The maximum Gasteiger partial charge on any atom is 0.0494 e. The molecule has 118 valence electrons. The van der Waals surface area contributed by atoms with E-state index in [4.69, 9.17) is 4.74 Å². The zero-order valence-electron chi connectivity index (χ0n) is 13.9. The van der Waals surface area contributed by atoms with Gasteiger partial charge in [0.2, 0.25) is 0 Å². The van der Waals surface area contributed by atoms with Crippen LogP contribution in [0.1, 0.15) is 84.5 Å². The van der Waals surface area contributed by atoms with Gasteiger partial charge in [-0.3, -0.25) is 0 Å². The number of hydrogen-bond donors (Lipinski definition) is 0. The Morgan fingerprint density at radius 2 is 1.60 bits per heavy atom. The van der Waals surface area contributed by atoms with Crippen LogP contribution >= 0.6 is 0 Å². The zero-order chi connectivity index (χ0) is 14.2. The number of rotatable bonds is 7. The molecule has 0 aromatic rings. The Balaban J connectivity index is 1.42. The van der Waals surface area contributed by atoms with Crippen molar-refractivity contribution in [1.29, 1.82) is 0 Å². The highest BCUT2D eigenvalue weighted by molar-refractivity contribution is 4.71. The summed E-state index contributed by atoms with van der Waals surface area (Å²) in [6.45, 7) is 6.87. The molecule has 1 heteroatoms. The van der Waals surface area contributed by atoms with E-state index in [0.717, 1.165) is 36.9 Å². The molecule has 0 amide bonds. The molecule has 2 rings (SSSR count). The van der Waals surface area contributed by atoms with Crippen LogP contribution in [0, 0.1) is 23.7 Å². The molecule has 0 N–H and O–H groups in total. The molecule has 0 bridgehead atoms. The Morgan fingerprint density at radius 1 is 0.800 bits per heavy atom. The lowest BCUT2D eigenvalue weighted by atomic mass is 9.80. The van der Waals surface area contributed by atoms with E-state index in [1.807, 2.05) is 0 Å². The molecule has 0 saturated heterocycles. The van der Waals surface area contributed by atoms with E-state index in [0.29, 0.717) is 0 Å². The van der Waals surface area contributed by atoms with Crippen LogP contribution in [0.4, 0.5) is 0 Å². The minimum Gasteiger partial charge on any atom is -0.381 e. The third-order valence-electron chi connectivity index (χ3n) is 5.69. The van der Waals surface area contributed by atoms with Gasteiger partial charge in [-0.1, -0.05) is 58.8 Å².